The first-order valence-electron chi connectivity index (χ1n) is 5.44. The molecular weight excluding hydrogens is 247 g/mol. The van der Waals surface area contributed by atoms with Crippen molar-refractivity contribution in [2.24, 2.45) is 0 Å². The largest absolute Gasteiger partial charge is 0.471 e. The normalized spacial score (nSPS) is 13.8. The lowest BCUT2D eigenvalue weighted by Gasteiger charge is -2.28. The fourth-order valence-corrected chi connectivity index (χ4v) is 1.72. The summed E-state index contributed by atoms with van der Waals surface area (Å²) in [5.74, 6) is -0.0316. The number of hydrogen-bond donors (Lipinski definition) is 3. The molecule has 0 aliphatic carbocycles. The van der Waals surface area contributed by atoms with Crippen molar-refractivity contribution < 1.29 is 23.7 Å². The van der Waals surface area contributed by atoms with Gasteiger partial charge in [0.25, 0.3) is 0 Å². The molecule has 3 N–H and O–H groups in total. The summed E-state index contributed by atoms with van der Waals surface area (Å²) >= 11 is 0. The van der Waals surface area contributed by atoms with Gasteiger partial charge in [0.15, 0.2) is 0 Å². The Kier molecular flexibility index (Phi) is 6.89. The summed E-state index contributed by atoms with van der Waals surface area (Å²) in [6, 6.07) is 0.0113. The minimum atomic E-state index is -4.50. The van der Waals surface area contributed by atoms with E-state index in [1.165, 1.54) is 6.92 Å². The third-order valence-corrected chi connectivity index (χ3v) is 2.68. The highest BCUT2D eigenvalue weighted by atomic mass is 31.2. The quantitative estimate of drug-likeness (QED) is 0.463. The zero-order chi connectivity index (χ0) is 13.6. The van der Waals surface area contributed by atoms with Crippen LogP contribution in [-0.2, 0) is 13.9 Å². The second-order valence-electron chi connectivity index (χ2n) is 3.91. The van der Waals surface area contributed by atoms with Crippen LogP contribution in [0.5, 0.6) is 0 Å². The monoisotopic (exact) mass is 268 g/mol. The lowest BCUT2D eigenvalue weighted by molar-refractivity contribution is -0.133. The molecular formula is C9H21N2O5P. The third kappa shape index (κ3) is 7.46. The summed E-state index contributed by atoms with van der Waals surface area (Å²) in [5.41, 5.74) is 0. The SMILES string of the molecule is CCC(=O)N(CNC(C)OP(=O)(O)O)C(C)C. The van der Waals surface area contributed by atoms with Crippen LogP contribution in [0.1, 0.15) is 34.1 Å². The number of carbonyl (C=O) groups is 1. The molecule has 0 saturated carbocycles. The van der Waals surface area contributed by atoms with Gasteiger partial charge in [-0.05, 0) is 20.8 Å². The van der Waals surface area contributed by atoms with Gasteiger partial charge in [0.2, 0.25) is 5.91 Å². The maximum atomic E-state index is 11.5. The average molecular weight is 268 g/mol. The summed E-state index contributed by atoms with van der Waals surface area (Å²) in [5, 5.41) is 2.73. The Morgan fingerprint density at radius 1 is 1.41 bits per heavy atom. The number of hydrogen-bond acceptors (Lipinski definition) is 4. The molecule has 102 valence electrons. The molecule has 0 fully saturated rings. The van der Waals surface area contributed by atoms with Crippen LogP contribution in [0, 0.1) is 0 Å². The molecule has 17 heavy (non-hydrogen) atoms. The van der Waals surface area contributed by atoms with E-state index < -0.39 is 14.1 Å². The van der Waals surface area contributed by atoms with Crippen LogP contribution in [0.4, 0.5) is 0 Å². The first-order valence-corrected chi connectivity index (χ1v) is 6.97. The molecule has 8 heteroatoms. The molecule has 0 spiro atoms. The third-order valence-electron chi connectivity index (χ3n) is 2.09. The van der Waals surface area contributed by atoms with Crippen molar-refractivity contribution in [3.05, 3.63) is 0 Å². The van der Waals surface area contributed by atoms with Crippen LogP contribution in [0.3, 0.4) is 0 Å². The lowest BCUT2D eigenvalue weighted by Crippen LogP contribution is -2.45. The van der Waals surface area contributed by atoms with E-state index in [0.717, 1.165) is 0 Å². The van der Waals surface area contributed by atoms with Crippen LogP contribution in [0.2, 0.25) is 0 Å². The van der Waals surface area contributed by atoms with Gasteiger partial charge in [0, 0.05) is 12.5 Å². The van der Waals surface area contributed by atoms with Gasteiger partial charge in [-0.2, -0.15) is 0 Å². The van der Waals surface area contributed by atoms with Gasteiger partial charge < -0.3 is 14.7 Å². The number of nitrogens with one attached hydrogen (secondary N) is 1. The molecule has 0 radical (unpaired) electrons. The van der Waals surface area contributed by atoms with E-state index in [2.05, 4.69) is 9.84 Å². The van der Waals surface area contributed by atoms with Crippen molar-refractivity contribution in [1.29, 1.82) is 0 Å². The molecule has 0 aliphatic rings. The summed E-state index contributed by atoms with van der Waals surface area (Å²) in [6.07, 6.45) is -0.449. The van der Waals surface area contributed by atoms with E-state index in [1.807, 2.05) is 13.8 Å². The maximum Gasteiger partial charge on any atom is 0.471 e. The lowest BCUT2D eigenvalue weighted by atomic mass is 10.3. The van der Waals surface area contributed by atoms with Gasteiger partial charge in [-0.1, -0.05) is 6.92 Å². The molecule has 0 aromatic heterocycles. The van der Waals surface area contributed by atoms with Crippen LogP contribution in [-0.4, -0.2) is 39.5 Å². The standard InChI is InChI=1S/C9H21N2O5P/c1-5-9(12)11(7(2)3)6-10-8(4)16-17(13,14)15/h7-8,10H,5-6H2,1-4H3,(H2,13,14,15). The van der Waals surface area contributed by atoms with Crippen LogP contribution >= 0.6 is 7.82 Å². The molecule has 1 unspecified atom stereocenters. The second kappa shape index (κ2) is 7.08. The molecule has 0 aromatic rings. The van der Waals surface area contributed by atoms with Crippen LogP contribution in [0.15, 0.2) is 0 Å². The van der Waals surface area contributed by atoms with Crippen molar-refractivity contribution in [2.45, 2.75) is 46.4 Å². The highest BCUT2D eigenvalue weighted by Gasteiger charge is 2.20. The van der Waals surface area contributed by atoms with Gasteiger partial charge in [0.1, 0.15) is 6.23 Å². The van der Waals surface area contributed by atoms with Crippen molar-refractivity contribution in [3.8, 4) is 0 Å². The Balaban J connectivity index is 4.22. The summed E-state index contributed by atoms with van der Waals surface area (Å²) in [4.78, 5) is 30.3. The molecule has 0 rings (SSSR count). The molecule has 0 saturated heterocycles. The summed E-state index contributed by atoms with van der Waals surface area (Å²) in [7, 11) is -4.50. The number of nitrogens with zero attached hydrogens (tertiary/aromatic N) is 1. The fourth-order valence-electron chi connectivity index (χ4n) is 1.23. The Labute approximate surface area is 101 Å². The van der Waals surface area contributed by atoms with Crippen molar-refractivity contribution >= 4 is 13.7 Å². The fraction of sp³-hybridized carbons (Fsp3) is 0.889. The Morgan fingerprint density at radius 3 is 2.29 bits per heavy atom. The Bertz CT molecular complexity index is 291. The average Bonchev–Trinajstić information content (AvgIpc) is 2.14. The molecule has 0 aromatic carbocycles. The number of amides is 1. The molecule has 1 amide bonds. The van der Waals surface area contributed by atoms with Crippen molar-refractivity contribution in [1.82, 2.24) is 10.2 Å². The topological polar surface area (TPSA) is 99.1 Å². The van der Waals surface area contributed by atoms with Gasteiger partial charge >= 0.3 is 7.82 Å². The maximum absolute atomic E-state index is 11.5. The minimum absolute atomic E-state index is 0.0113. The van der Waals surface area contributed by atoms with E-state index >= 15 is 0 Å². The van der Waals surface area contributed by atoms with E-state index in [9.17, 15) is 9.36 Å². The van der Waals surface area contributed by atoms with E-state index in [0.29, 0.717) is 6.42 Å². The van der Waals surface area contributed by atoms with Crippen LogP contribution in [0.25, 0.3) is 0 Å². The number of phosphoric ester groups is 1. The number of rotatable bonds is 7. The molecule has 0 heterocycles. The van der Waals surface area contributed by atoms with E-state index in [1.54, 1.807) is 11.8 Å². The molecule has 1 atom stereocenters. The first-order chi connectivity index (χ1) is 7.67. The molecule has 7 nitrogen and oxygen atoms in total. The summed E-state index contributed by atoms with van der Waals surface area (Å²) in [6.45, 7) is 7.14. The Morgan fingerprint density at radius 2 is 1.94 bits per heavy atom. The van der Waals surface area contributed by atoms with Crippen molar-refractivity contribution in [2.75, 3.05) is 6.67 Å². The summed E-state index contributed by atoms with van der Waals surface area (Å²) < 4.78 is 15.0. The van der Waals surface area contributed by atoms with Crippen LogP contribution < -0.4 is 5.32 Å². The smallest absolute Gasteiger partial charge is 0.327 e. The van der Waals surface area contributed by atoms with Gasteiger partial charge in [0.05, 0.1) is 6.67 Å². The molecule has 0 aliphatic heterocycles. The predicted molar refractivity (Wildman–Crippen MR) is 62.9 cm³/mol. The first kappa shape index (κ1) is 16.5. The number of carbonyl (C=O) groups excluding carboxylic acids is 1. The number of phosphoric acid groups is 1. The van der Waals surface area contributed by atoms with Gasteiger partial charge in [-0.15, -0.1) is 0 Å². The second-order valence-corrected chi connectivity index (χ2v) is 5.10. The van der Waals surface area contributed by atoms with Crippen molar-refractivity contribution in [3.63, 3.8) is 0 Å². The highest BCUT2D eigenvalue weighted by Crippen LogP contribution is 2.36. The predicted octanol–water partition coefficient (Wildman–Crippen LogP) is 0.636. The zero-order valence-electron chi connectivity index (χ0n) is 10.6. The highest BCUT2D eigenvalue weighted by molar-refractivity contribution is 7.46. The minimum Gasteiger partial charge on any atom is -0.327 e. The zero-order valence-corrected chi connectivity index (χ0v) is 11.5. The van der Waals surface area contributed by atoms with E-state index in [4.69, 9.17) is 9.79 Å². The Hall–Kier alpha value is -0.460. The molecule has 0 bridgehead atoms. The van der Waals surface area contributed by atoms with Gasteiger partial charge in [-0.25, -0.2) is 4.57 Å². The van der Waals surface area contributed by atoms with E-state index in [-0.39, 0.29) is 18.6 Å². The van der Waals surface area contributed by atoms with Gasteiger partial charge in [-0.3, -0.25) is 14.6 Å².